The quantitative estimate of drug-likeness (QED) is 0.837. The number of para-hydroxylation sites is 1. The Bertz CT molecular complexity index is 710. The van der Waals surface area contributed by atoms with Crippen LogP contribution >= 0.6 is 0 Å². The van der Waals surface area contributed by atoms with Crippen molar-refractivity contribution in [3.63, 3.8) is 0 Å². The molecule has 0 aliphatic carbocycles. The van der Waals surface area contributed by atoms with Crippen LogP contribution in [0.25, 0.3) is 0 Å². The molecule has 136 valence electrons. The predicted octanol–water partition coefficient (Wildman–Crippen LogP) is 3.31. The van der Waals surface area contributed by atoms with Gasteiger partial charge in [0.05, 0.1) is 5.56 Å². The molecule has 1 aromatic carbocycles. The zero-order valence-corrected chi connectivity index (χ0v) is 14.3. The summed E-state index contributed by atoms with van der Waals surface area (Å²) >= 11 is 0. The number of aromatic nitrogens is 2. The van der Waals surface area contributed by atoms with Gasteiger partial charge in [0, 0.05) is 31.5 Å². The summed E-state index contributed by atoms with van der Waals surface area (Å²) in [7, 11) is 1.35. The normalized spacial score (nSPS) is 12.9. The summed E-state index contributed by atoms with van der Waals surface area (Å²) in [5.41, 5.74) is -0.769. The summed E-state index contributed by atoms with van der Waals surface area (Å²) in [5, 5.41) is 9.20. The highest BCUT2D eigenvalue weighted by molar-refractivity contribution is 5.95. The maximum absolute atomic E-state index is 13.0. The molecule has 1 unspecified atom stereocenters. The Kier molecular flexibility index (Phi) is 5.71. The van der Waals surface area contributed by atoms with Crippen molar-refractivity contribution in [2.75, 3.05) is 11.9 Å². The molecule has 0 fully saturated rings. The van der Waals surface area contributed by atoms with Crippen molar-refractivity contribution in [1.82, 2.24) is 15.1 Å². The van der Waals surface area contributed by atoms with E-state index < -0.39 is 23.3 Å². The maximum atomic E-state index is 13.0. The van der Waals surface area contributed by atoms with Gasteiger partial charge in [-0.3, -0.25) is 9.48 Å². The first-order valence-corrected chi connectivity index (χ1v) is 7.89. The maximum Gasteiger partial charge on any atom is 0.435 e. The number of benzene rings is 1. The Balaban J connectivity index is 2.07. The lowest BCUT2D eigenvalue weighted by Crippen LogP contribution is -2.40. The van der Waals surface area contributed by atoms with Gasteiger partial charge in [0.25, 0.3) is 5.91 Å². The number of halogens is 3. The molecule has 8 heteroatoms. The lowest BCUT2D eigenvalue weighted by Gasteiger charge is -2.24. The van der Waals surface area contributed by atoms with E-state index in [-0.39, 0.29) is 18.5 Å². The minimum Gasteiger partial charge on any atom is -0.380 e. The molecular weight excluding hydrogens is 333 g/mol. The number of nitrogens with zero attached hydrogens (tertiary/aromatic N) is 2. The molecule has 2 aromatic rings. The lowest BCUT2D eigenvalue weighted by molar-refractivity contribution is -0.141. The van der Waals surface area contributed by atoms with Crippen LogP contribution in [0.5, 0.6) is 0 Å². The largest absolute Gasteiger partial charge is 0.435 e. The van der Waals surface area contributed by atoms with E-state index >= 15 is 0 Å². The molecule has 5 nitrogen and oxygen atoms in total. The second-order valence-electron chi connectivity index (χ2n) is 6.13. The first kappa shape index (κ1) is 18.8. The first-order chi connectivity index (χ1) is 11.7. The summed E-state index contributed by atoms with van der Waals surface area (Å²) in [4.78, 5) is 12.2. The number of carbonyl (C=O) groups excluding carboxylic acids is 1. The highest BCUT2D eigenvalue weighted by Crippen LogP contribution is 2.30. The van der Waals surface area contributed by atoms with Crippen molar-refractivity contribution in [1.29, 1.82) is 0 Å². The number of rotatable bonds is 6. The van der Waals surface area contributed by atoms with Gasteiger partial charge in [0.15, 0.2) is 5.69 Å². The Morgan fingerprint density at radius 1 is 1.24 bits per heavy atom. The van der Waals surface area contributed by atoms with E-state index in [1.54, 1.807) is 0 Å². The zero-order valence-electron chi connectivity index (χ0n) is 14.3. The fraction of sp³-hybridized carbons (Fsp3) is 0.412. The summed E-state index contributed by atoms with van der Waals surface area (Å²) < 4.78 is 39.9. The molecular formula is C17H21F3N4O. The molecule has 0 aliphatic heterocycles. The van der Waals surface area contributed by atoms with Crippen LogP contribution in [0.2, 0.25) is 0 Å². The van der Waals surface area contributed by atoms with Gasteiger partial charge in [-0.05, 0) is 18.1 Å². The average Bonchev–Trinajstić information content (AvgIpc) is 2.94. The van der Waals surface area contributed by atoms with Crippen molar-refractivity contribution >= 4 is 11.6 Å². The molecule has 2 rings (SSSR count). The molecule has 0 bridgehead atoms. The first-order valence-electron chi connectivity index (χ1n) is 7.89. The molecule has 0 radical (unpaired) electrons. The Morgan fingerprint density at radius 2 is 1.88 bits per heavy atom. The van der Waals surface area contributed by atoms with E-state index in [2.05, 4.69) is 15.7 Å². The third-order valence-corrected chi connectivity index (χ3v) is 3.76. The molecule has 1 atom stereocenters. The van der Waals surface area contributed by atoms with Crippen LogP contribution in [0.3, 0.4) is 0 Å². The molecule has 0 saturated heterocycles. The van der Waals surface area contributed by atoms with Crippen molar-refractivity contribution in [3.8, 4) is 0 Å². The molecule has 1 aromatic heterocycles. The minimum atomic E-state index is -4.67. The molecule has 0 spiro atoms. The lowest BCUT2D eigenvalue weighted by atomic mass is 10.0. The van der Waals surface area contributed by atoms with Crippen molar-refractivity contribution in [2.24, 2.45) is 13.0 Å². The average molecular weight is 354 g/mol. The standard InChI is InChI=1S/C17H21F3N4O/c1-11(2)14(22-12-7-5-4-6-8-12)9-21-16(25)13-10-24(3)23-15(13)17(18,19)20/h4-8,10-11,14,22H,9H2,1-3H3,(H,21,25). The van der Waals surface area contributed by atoms with Gasteiger partial charge in [-0.25, -0.2) is 0 Å². The fourth-order valence-corrected chi connectivity index (χ4v) is 2.36. The van der Waals surface area contributed by atoms with E-state index in [9.17, 15) is 18.0 Å². The third-order valence-electron chi connectivity index (χ3n) is 3.76. The summed E-state index contributed by atoms with van der Waals surface area (Å²) in [6.45, 7) is 4.13. The van der Waals surface area contributed by atoms with Gasteiger partial charge in [-0.15, -0.1) is 0 Å². The summed E-state index contributed by atoms with van der Waals surface area (Å²) in [5.74, 6) is -0.627. The van der Waals surface area contributed by atoms with E-state index in [0.717, 1.165) is 16.6 Å². The number of hydrogen-bond donors (Lipinski definition) is 2. The Labute approximate surface area is 144 Å². The number of hydrogen-bond acceptors (Lipinski definition) is 3. The van der Waals surface area contributed by atoms with E-state index in [1.807, 2.05) is 44.2 Å². The van der Waals surface area contributed by atoms with E-state index in [4.69, 9.17) is 0 Å². The smallest absolute Gasteiger partial charge is 0.380 e. The SMILES string of the molecule is CC(C)C(CNC(=O)c1cn(C)nc1C(F)(F)F)Nc1ccccc1. The van der Waals surface area contributed by atoms with Gasteiger partial charge in [0.2, 0.25) is 0 Å². The van der Waals surface area contributed by atoms with Crippen molar-refractivity contribution < 1.29 is 18.0 Å². The van der Waals surface area contributed by atoms with Crippen molar-refractivity contribution in [2.45, 2.75) is 26.1 Å². The van der Waals surface area contributed by atoms with Gasteiger partial charge in [-0.1, -0.05) is 32.0 Å². The monoisotopic (exact) mass is 354 g/mol. The van der Waals surface area contributed by atoms with Crippen LogP contribution in [-0.2, 0) is 13.2 Å². The van der Waals surface area contributed by atoms with Crippen LogP contribution in [0.4, 0.5) is 18.9 Å². The number of anilines is 1. The molecule has 2 N–H and O–H groups in total. The predicted molar refractivity (Wildman–Crippen MR) is 89.2 cm³/mol. The van der Waals surface area contributed by atoms with Crippen molar-refractivity contribution in [3.05, 3.63) is 47.8 Å². The highest BCUT2D eigenvalue weighted by atomic mass is 19.4. The van der Waals surface area contributed by atoms with Gasteiger partial charge in [-0.2, -0.15) is 18.3 Å². The molecule has 1 amide bonds. The van der Waals surface area contributed by atoms with E-state index in [0.29, 0.717) is 0 Å². The molecule has 0 aliphatic rings. The second-order valence-corrected chi connectivity index (χ2v) is 6.13. The van der Waals surface area contributed by atoms with Crippen LogP contribution < -0.4 is 10.6 Å². The zero-order chi connectivity index (χ0) is 18.6. The fourth-order valence-electron chi connectivity index (χ4n) is 2.36. The molecule has 1 heterocycles. The van der Waals surface area contributed by atoms with Gasteiger partial charge >= 0.3 is 6.18 Å². The van der Waals surface area contributed by atoms with Gasteiger partial charge in [0.1, 0.15) is 0 Å². The topological polar surface area (TPSA) is 59.0 Å². The number of carbonyl (C=O) groups is 1. The molecule has 0 saturated carbocycles. The second kappa shape index (κ2) is 7.58. The Hall–Kier alpha value is -2.51. The summed E-state index contributed by atoms with van der Waals surface area (Å²) in [6.07, 6.45) is -3.60. The number of aryl methyl sites for hydroxylation is 1. The minimum absolute atomic E-state index is 0.127. The van der Waals surface area contributed by atoms with Crippen LogP contribution in [-0.4, -0.2) is 28.3 Å². The van der Waals surface area contributed by atoms with Gasteiger partial charge < -0.3 is 10.6 Å². The Morgan fingerprint density at radius 3 is 2.44 bits per heavy atom. The third kappa shape index (κ3) is 4.98. The molecule has 25 heavy (non-hydrogen) atoms. The number of amides is 1. The number of alkyl halides is 3. The van der Waals surface area contributed by atoms with Crippen LogP contribution in [0.1, 0.15) is 29.9 Å². The van der Waals surface area contributed by atoms with Crippen LogP contribution in [0, 0.1) is 5.92 Å². The number of nitrogens with one attached hydrogen (secondary N) is 2. The van der Waals surface area contributed by atoms with Crippen LogP contribution in [0.15, 0.2) is 36.5 Å². The summed E-state index contributed by atoms with van der Waals surface area (Å²) in [6, 6.07) is 9.29. The highest BCUT2D eigenvalue weighted by Gasteiger charge is 2.39. The van der Waals surface area contributed by atoms with E-state index in [1.165, 1.54) is 7.05 Å².